The summed E-state index contributed by atoms with van der Waals surface area (Å²) >= 11 is 0. The van der Waals surface area contributed by atoms with Gasteiger partial charge in [0.05, 0.1) is 12.8 Å². The summed E-state index contributed by atoms with van der Waals surface area (Å²) in [7, 11) is 1.68. The van der Waals surface area contributed by atoms with Crippen molar-refractivity contribution in [1.82, 2.24) is 15.2 Å². The molecule has 0 saturated heterocycles. The minimum Gasteiger partial charge on any atom is -0.497 e. The van der Waals surface area contributed by atoms with Gasteiger partial charge in [-0.3, -0.25) is 10.1 Å². The van der Waals surface area contributed by atoms with Gasteiger partial charge in [-0.2, -0.15) is 5.10 Å². The van der Waals surface area contributed by atoms with Crippen molar-refractivity contribution in [3.8, 4) is 17.0 Å². The Bertz CT molecular complexity index is 692. The topological polar surface area (TPSA) is 50.8 Å². The van der Waals surface area contributed by atoms with Crippen LogP contribution in [-0.2, 0) is 6.42 Å². The molecule has 0 fully saturated rings. The molecule has 0 spiro atoms. The second-order valence-electron chi connectivity index (χ2n) is 4.54. The van der Waals surface area contributed by atoms with Gasteiger partial charge >= 0.3 is 0 Å². The lowest BCUT2D eigenvalue weighted by Gasteiger charge is -2.02. The average molecular weight is 265 g/mol. The molecule has 3 rings (SSSR count). The summed E-state index contributed by atoms with van der Waals surface area (Å²) in [5.74, 6) is 0.872. The molecule has 0 radical (unpaired) electrons. The highest BCUT2D eigenvalue weighted by Gasteiger charge is 2.05. The van der Waals surface area contributed by atoms with E-state index >= 15 is 0 Å². The Kier molecular flexibility index (Phi) is 3.46. The number of nitrogens with one attached hydrogen (secondary N) is 1. The first-order valence-corrected chi connectivity index (χ1v) is 6.43. The molecule has 0 atom stereocenters. The molecule has 0 saturated carbocycles. The van der Waals surface area contributed by atoms with Gasteiger partial charge in [-0.1, -0.05) is 12.1 Å². The largest absolute Gasteiger partial charge is 0.497 e. The fraction of sp³-hybridized carbons (Fsp3) is 0.125. The van der Waals surface area contributed by atoms with Crippen molar-refractivity contribution < 1.29 is 4.74 Å². The van der Waals surface area contributed by atoms with Crippen molar-refractivity contribution in [3.05, 3.63) is 66.1 Å². The van der Waals surface area contributed by atoms with Crippen LogP contribution in [0.25, 0.3) is 11.3 Å². The van der Waals surface area contributed by atoms with E-state index in [0.717, 1.165) is 29.1 Å². The fourth-order valence-corrected chi connectivity index (χ4v) is 2.13. The van der Waals surface area contributed by atoms with Crippen molar-refractivity contribution in [3.63, 3.8) is 0 Å². The number of hydrogen-bond acceptors (Lipinski definition) is 3. The number of rotatable bonds is 4. The monoisotopic (exact) mass is 265 g/mol. The van der Waals surface area contributed by atoms with E-state index in [1.165, 1.54) is 5.56 Å². The van der Waals surface area contributed by atoms with E-state index in [9.17, 15) is 0 Å². The molecule has 2 aromatic heterocycles. The fourth-order valence-electron chi connectivity index (χ4n) is 2.13. The summed E-state index contributed by atoms with van der Waals surface area (Å²) in [5, 5.41) is 7.42. The third-order valence-electron chi connectivity index (χ3n) is 3.14. The number of H-pyrrole nitrogens is 1. The van der Waals surface area contributed by atoms with E-state index in [-0.39, 0.29) is 0 Å². The van der Waals surface area contributed by atoms with Gasteiger partial charge in [0.15, 0.2) is 0 Å². The molecule has 3 aromatic rings. The Morgan fingerprint density at radius 3 is 2.75 bits per heavy atom. The van der Waals surface area contributed by atoms with Crippen LogP contribution < -0.4 is 4.74 Å². The van der Waals surface area contributed by atoms with Crippen LogP contribution in [0.1, 0.15) is 11.3 Å². The summed E-state index contributed by atoms with van der Waals surface area (Å²) in [4.78, 5) is 4.01. The standard InChI is InChI=1S/C16H15N3O/c1-20-15-4-2-3-12(10-15)9-14-11-16(19-18-14)13-5-7-17-8-6-13/h2-8,10-11H,9H2,1H3,(H,18,19). The summed E-state index contributed by atoms with van der Waals surface area (Å²) in [6.45, 7) is 0. The maximum absolute atomic E-state index is 5.23. The minimum absolute atomic E-state index is 0.801. The number of nitrogens with zero attached hydrogens (tertiary/aromatic N) is 2. The molecule has 0 amide bonds. The number of hydrogen-bond donors (Lipinski definition) is 1. The SMILES string of the molecule is COc1cccc(Cc2cc(-c3ccncc3)n[nH]2)c1. The van der Waals surface area contributed by atoms with Gasteiger partial charge in [0.25, 0.3) is 0 Å². The lowest BCUT2D eigenvalue weighted by atomic mass is 10.1. The van der Waals surface area contributed by atoms with Gasteiger partial charge in [0.2, 0.25) is 0 Å². The van der Waals surface area contributed by atoms with E-state index in [4.69, 9.17) is 4.74 Å². The molecule has 0 aliphatic heterocycles. The molecular weight excluding hydrogens is 250 g/mol. The van der Waals surface area contributed by atoms with Gasteiger partial charge in [0, 0.05) is 30.1 Å². The van der Waals surface area contributed by atoms with E-state index in [1.807, 2.05) is 30.3 Å². The lowest BCUT2D eigenvalue weighted by molar-refractivity contribution is 0.414. The van der Waals surface area contributed by atoms with Gasteiger partial charge in [-0.25, -0.2) is 0 Å². The van der Waals surface area contributed by atoms with Crippen LogP contribution in [0.5, 0.6) is 5.75 Å². The Labute approximate surface area is 117 Å². The van der Waals surface area contributed by atoms with E-state index in [2.05, 4.69) is 27.3 Å². The molecule has 1 N–H and O–H groups in total. The van der Waals surface area contributed by atoms with E-state index < -0.39 is 0 Å². The number of benzene rings is 1. The number of aromatic amines is 1. The Morgan fingerprint density at radius 2 is 1.95 bits per heavy atom. The van der Waals surface area contributed by atoms with Crippen molar-refractivity contribution >= 4 is 0 Å². The van der Waals surface area contributed by atoms with E-state index in [1.54, 1.807) is 19.5 Å². The van der Waals surface area contributed by atoms with Gasteiger partial charge in [-0.05, 0) is 35.9 Å². The first-order chi connectivity index (χ1) is 9.85. The summed E-state index contributed by atoms with van der Waals surface area (Å²) < 4.78 is 5.23. The smallest absolute Gasteiger partial charge is 0.119 e. The van der Waals surface area contributed by atoms with Gasteiger partial charge < -0.3 is 4.74 Å². The van der Waals surface area contributed by atoms with Crippen molar-refractivity contribution in [2.24, 2.45) is 0 Å². The maximum Gasteiger partial charge on any atom is 0.119 e. The van der Waals surface area contributed by atoms with Crippen LogP contribution in [0.4, 0.5) is 0 Å². The van der Waals surface area contributed by atoms with Gasteiger partial charge in [-0.15, -0.1) is 0 Å². The highest BCUT2D eigenvalue weighted by molar-refractivity contribution is 5.58. The van der Waals surface area contributed by atoms with Gasteiger partial charge in [0.1, 0.15) is 5.75 Å². The van der Waals surface area contributed by atoms with Crippen LogP contribution in [0.15, 0.2) is 54.9 Å². The van der Waals surface area contributed by atoms with E-state index in [0.29, 0.717) is 0 Å². The second kappa shape index (κ2) is 5.57. The average Bonchev–Trinajstić information content (AvgIpc) is 2.97. The second-order valence-corrected chi connectivity index (χ2v) is 4.54. The third kappa shape index (κ3) is 2.69. The molecule has 0 bridgehead atoms. The summed E-state index contributed by atoms with van der Waals surface area (Å²) in [5.41, 5.74) is 4.26. The van der Waals surface area contributed by atoms with Crippen molar-refractivity contribution in [2.45, 2.75) is 6.42 Å². The highest BCUT2D eigenvalue weighted by atomic mass is 16.5. The molecule has 0 unspecified atom stereocenters. The molecule has 1 aromatic carbocycles. The summed E-state index contributed by atoms with van der Waals surface area (Å²) in [6.07, 6.45) is 4.34. The molecule has 0 aliphatic rings. The number of pyridine rings is 1. The molecule has 20 heavy (non-hydrogen) atoms. The predicted molar refractivity (Wildman–Crippen MR) is 77.6 cm³/mol. The zero-order chi connectivity index (χ0) is 13.8. The van der Waals surface area contributed by atoms with Crippen LogP contribution in [0, 0.1) is 0 Å². The summed E-state index contributed by atoms with van der Waals surface area (Å²) in [6, 6.07) is 14.0. The third-order valence-corrected chi connectivity index (χ3v) is 3.14. The minimum atomic E-state index is 0.801. The Morgan fingerprint density at radius 1 is 1.10 bits per heavy atom. The van der Waals surface area contributed by atoms with Crippen molar-refractivity contribution in [2.75, 3.05) is 7.11 Å². The molecule has 0 aliphatic carbocycles. The normalized spacial score (nSPS) is 10.4. The van der Waals surface area contributed by atoms with Crippen LogP contribution in [0.2, 0.25) is 0 Å². The number of ether oxygens (including phenoxy) is 1. The van der Waals surface area contributed by atoms with Crippen molar-refractivity contribution in [1.29, 1.82) is 0 Å². The molecular formula is C16H15N3O. The maximum atomic E-state index is 5.23. The molecule has 100 valence electrons. The number of aromatic nitrogens is 3. The Hall–Kier alpha value is -2.62. The lowest BCUT2D eigenvalue weighted by Crippen LogP contribution is -1.90. The van der Waals surface area contributed by atoms with Crippen LogP contribution in [-0.4, -0.2) is 22.3 Å². The first-order valence-electron chi connectivity index (χ1n) is 6.43. The first kappa shape index (κ1) is 12.4. The zero-order valence-corrected chi connectivity index (χ0v) is 11.2. The molecule has 4 nitrogen and oxygen atoms in total. The molecule has 2 heterocycles. The quantitative estimate of drug-likeness (QED) is 0.788. The van der Waals surface area contributed by atoms with Crippen LogP contribution >= 0.6 is 0 Å². The molecule has 4 heteroatoms. The Balaban J connectivity index is 1.80. The zero-order valence-electron chi connectivity index (χ0n) is 11.2. The van der Waals surface area contributed by atoms with Crippen LogP contribution in [0.3, 0.4) is 0 Å². The highest BCUT2D eigenvalue weighted by Crippen LogP contribution is 2.19. The predicted octanol–water partition coefficient (Wildman–Crippen LogP) is 3.07. The number of methoxy groups -OCH3 is 1.